The highest BCUT2D eigenvalue weighted by atomic mass is 79.9. The van der Waals surface area contributed by atoms with Crippen molar-refractivity contribution in [2.75, 3.05) is 18.5 Å². The van der Waals surface area contributed by atoms with E-state index < -0.39 is 0 Å². The lowest BCUT2D eigenvalue weighted by molar-refractivity contribution is 0.591. The van der Waals surface area contributed by atoms with Crippen molar-refractivity contribution in [3.8, 4) is 0 Å². The lowest BCUT2D eigenvalue weighted by Gasteiger charge is -2.28. The van der Waals surface area contributed by atoms with Crippen LogP contribution in [-0.4, -0.2) is 19.6 Å². The van der Waals surface area contributed by atoms with Crippen molar-refractivity contribution in [3.63, 3.8) is 0 Å². The summed E-state index contributed by atoms with van der Waals surface area (Å²) in [6, 6.07) is 7.17. The molecular formula is C14H23BrN2. The van der Waals surface area contributed by atoms with Crippen molar-refractivity contribution in [2.45, 2.75) is 39.2 Å². The highest BCUT2D eigenvalue weighted by Crippen LogP contribution is 2.26. The van der Waals surface area contributed by atoms with Crippen molar-refractivity contribution < 1.29 is 0 Å². The third-order valence-corrected chi connectivity index (χ3v) is 4.09. The lowest BCUT2D eigenvalue weighted by atomic mass is 10.1. The first kappa shape index (κ1) is 14.5. The van der Waals surface area contributed by atoms with E-state index in [1.54, 1.807) is 0 Å². The number of halogens is 1. The summed E-state index contributed by atoms with van der Waals surface area (Å²) in [6.07, 6.45) is 3.28. The molecule has 0 saturated heterocycles. The summed E-state index contributed by atoms with van der Waals surface area (Å²) in [5.74, 6) is 0. The van der Waals surface area contributed by atoms with Crippen LogP contribution in [0.2, 0.25) is 0 Å². The Bertz CT molecular complexity index is 348. The highest BCUT2D eigenvalue weighted by molar-refractivity contribution is 9.10. The minimum absolute atomic E-state index is 0.613. The van der Waals surface area contributed by atoms with Crippen LogP contribution in [0.15, 0.2) is 22.7 Å². The van der Waals surface area contributed by atoms with Gasteiger partial charge in [-0.05, 0) is 43.5 Å². The molecule has 0 unspecified atom stereocenters. The van der Waals surface area contributed by atoms with Crippen molar-refractivity contribution in [2.24, 2.45) is 5.73 Å². The second-order valence-electron chi connectivity index (χ2n) is 4.40. The van der Waals surface area contributed by atoms with Gasteiger partial charge in [0.2, 0.25) is 0 Å². The number of hydrogen-bond donors (Lipinski definition) is 1. The van der Waals surface area contributed by atoms with Gasteiger partial charge in [-0.3, -0.25) is 0 Å². The van der Waals surface area contributed by atoms with E-state index in [0.717, 1.165) is 6.42 Å². The summed E-state index contributed by atoms with van der Waals surface area (Å²) in [5, 5.41) is 0. The predicted molar refractivity (Wildman–Crippen MR) is 79.7 cm³/mol. The van der Waals surface area contributed by atoms with E-state index >= 15 is 0 Å². The molecule has 17 heavy (non-hydrogen) atoms. The minimum Gasteiger partial charge on any atom is -0.372 e. The fourth-order valence-corrected chi connectivity index (χ4v) is 2.73. The number of benzene rings is 1. The van der Waals surface area contributed by atoms with Gasteiger partial charge in [0.05, 0.1) is 0 Å². The Morgan fingerprint density at radius 1 is 1.29 bits per heavy atom. The third kappa shape index (κ3) is 3.71. The van der Waals surface area contributed by atoms with Gasteiger partial charge >= 0.3 is 0 Å². The van der Waals surface area contributed by atoms with Gasteiger partial charge in [0, 0.05) is 23.2 Å². The van der Waals surface area contributed by atoms with E-state index in [0.29, 0.717) is 12.6 Å². The molecular weight excluding hydrogens is 276 g/mol. The molecule has 0 heterocycles. The summed E-state index contributed by atoms with van der Waals surface area (Å²) in [6.45, 7) is 5.17. The Balaban J connectivity index is 2.88. The molecule has 2 N–H and O–H groups in total. The van der Waals surface area contributed by atoms with Crippen molar-refractivity contribution in [3.05, 3.63) is 28.2 Å². The summed E-state index contributed by atoms with van der Waals surface area (Å²) in [5.41, 5.74) is 8.14. The molecule has 0 aliphatic heterocycles. The van der Waals surface area contributed by atoms with Gasteiger partial charge in [-0.1, -0.05) is 35.8 Å². The molecule has 0 amide bonds. The first-order chi connectivity index (χ1) is 8.13. The van der Waals surface area contributed by atoms with Crippen LogP contribution in [-0.2, 0) is 6.42 Å². The third-order valence-electron chi connectivity index (χ3n) is 3.35. The Kier molecular flexibility index (Phi) is 6.00. The minimum atomic E-state index is 0.613. The zero-order valence-electron chi connectivity index (χ0n) is 11.0. The molecule has 1 aromatic rings. The monoisotopic (exact) mass is 298 g/mol. The average Bonchev–Trinajstić information content (AvgIpc) is 2.33. The molecule has 0 bridgehead atoms. The Labute approximate surface area is 113 Å². The fraction of sp³-hybridized carbons (Fsp3) is 0.571. The Morgan fingerprint density at radius 2 is 1.94 bits per heavy atom. The summed E-state index contributed by atoms with van der Waals surface area (Å²) >= 11 is 3.63. The standard InChI is InChI=1S/C14H23BrN2/c1-4-12(5-2)17(3)13-7-6-11(8-9-16)14(15)10-13/h6-7,10,12H,4-5,8-9,16H2,1-3H3. The van der Waals surface area contributed by atoms with E-state index in [9.17, 15) is 0 Å². The molecule has 0 radical (unpaired) electrons. The average molecular weight is 299 g/mol. The van der Waals surface area contributed by atoms with Gasteiger partial charge in [-0.25, -0.2) is 0 Å². The van der Waals surface area contributed by atoms with Crippen LogP contribution in [0.1, 0.15) is 32.3 Å². The zero-order chi connectivity index (χ0) is 12.8. The summed E-state index contributed by atoms with van der Waals surface area (Å²) in [4.78, 5) is 2.36. The SMILES string of the molecule is CCC(CC)N(C)c1ccc(CCN)c(Br)c1. The maximum Gasteiger partial charge on any atom is 0.0377 e. The van der Waals surface area contributed by atoms with Crippen LogP contribution in [0.5, 0.6) is 0 Å². The normalized spacial score (nSPS) is 10.9. The fourth-order valence-electron chi connectivity index (χ4n) is 2.16. The number of hydrogen-bond acceptors (Lipinski definition) is 2. The number of nitrogens with two attached hydrogens (primary N) is 1. The molecule has 0 spiro atoms. The van der Waals surface area contributed by atoms with Crippen molar-refractivity contribution >= 4 is 21.6 Å². The van der Waals surface area contributed by atoms with Gasteiger partial charge in [0.1, 0.15) is 0 Å². The summed E-state index contributed by atoms with van der Waals surface area (Å²) in [7, 11) is 2.17. The van der Waals surface area contributed by atoms with Crippen LogP contribution in [0, 0.1) is 0 Å². The van der Waals surface area contributed by atoms with Gasteiger partial charge in [-0.15, -0.1) is 0 Å². The summed E-state index contributed by atoms with van der Waals surface area (Å²) < 4.78 is 1.17. The molecule has 0 saturated carbocycles. The van der Waals surface area contributed by atoms with Gasteiger partial charge in [0.15, 0.2) is 0 Å². The van der Waals surface area contributed by atoms with E-state index in [-0.39, 0.29) is 0 Å². The predicted octanol–water partition coefficient (Wildman–Crippen LogP) is 3.58. The molecule has 0 aliphatic carbocycles. The number of nitrogens with zero attached hydrogens (tertiary/aromatic N) is 1. The molecule has 1 aromatic carbocycles. The quantitative estimate of drug-likeness (QED) is 0.870. The van der Waals surface area contributed by atoms with E-state index in [2.05, 4.69) is 59.9 Å². The van der Waals surface area contributed by atoms with Crippen molar-refractivity contribution in [1.82, 2.24) is 0 Å². The maximum atomic E-state index is 5.59. The van der Waals surface area contributed by atoms with Crippen LogP contribution >= 0.6 is 15.9 Å². The molecule has 0 aliphatic rings. The lowest BCUT2D eigenvalue weighted by Crippen LogP contribution is -2.30. The zero-order valence-corrected chi connectivity index (χ0v) is 12.6. The van der Waals surface area contributed by atoms with Gasteiger partial charge in [0.25, 0.3) is 0 Å². The first-order valence-electron chi connectivity index (χ1n) is 6.35. The topological polar surface area (TPSA) is 29.3 Å². The molecule has 3 heteroatoms. The first-order valence-corrected chi connectivity index (χ1v) is 7.14. The van der Waals surface area contributed by atoms with Crippen LogP contribution in [0.25, 0.3) is 0 Å². The molecule has 0 fully saturated rings. The molecule has 0 atom stereocenters. The van der Waals surface area contributed by atoms with E-state index in [4.69, 9.17) is 5.73 Å². The van der Waals surface area contributed by atoms with E-state index in [1.165, 1.54) is 28.6 Å². The van der Waals surface area contributed by atoms with E-state index in [1.807, 2.05) is 0 Å². The second-order valence-corrected chi connectivity index (χ2v) is 5.25. The van der Waals surface area contributed by atoms with Crippen LogP contribution < -0.4 is 10.6 Å². The molecule has 96 valence electrons. The van der Waals surface area contributed by atoms with Gasteiger partial charge in [-0.2, -0.15) is 0 Å². The smallest absolute Gasteiger partial charge is 0.0377 e. The van der Waals surface area contributed by atoms with Gasteiger partial charge < -0.3 is 10.6 Å². The number of anilines is 1. The Hall–Kier alpha value is -0.540. The highest BCUT2D eigenvalue weighted by Gasteiger charge is 2.12. The molecule has 0 aromatic heterocycles. The molecule has 2 nitrogen and oxygen atoms in total. The molecule has 1 rings (SSSR count). The largest absolute Gasteiger partial charge is 0.372 e. The second kappa shape index (κ2) is 7.02. The maximum absolute atomic E-state index is 5.59. The van der Waals surface area contributed by atoms with Crippen molar-refractivity contribution in [1.29, 1.82) is 0 Å². The Morgan fingerprint density at radius 3 is 2.41 bits per heavy atom. The number of rotatable bonds is 6. The van der Waals surface area contributed by atoms with Crippen LogP contribution in [0.3, 0.4) is 0 Å². The van der Waals surface area contributed by atoms with Crippen LogP contribution in [0.4, 0.5) is 5.69 Å².